The Morgan fingerprint density at radius 2 is 1.89 bits per heavy atom. The topological polar surface area (TPSA) is 69.2 Å². The lowest BCUT2D eigenvalue weighted by atomic mass is 10.2. The third-order valence-corrected chi connectivity index (χ3v) is 3.59. The molecule has 0 spiro atoms. The molecule has 6 heteroatoms. The fraction of sp³-hybridized carbons (Fsp3) is 0.0769. The molecular formula is C13H11FN2O2S. The molecule has 2 aromatic carbocycles. The lowest BCUT2D eigenvalue weighted by Crippen LogP contribution is -1.90. The molecule has 0 aliphatic heterocycles. The number of nitro groups is 1. The molecule has 0 heterocycles. The minimum atomic E-state index is -0.438. The largest absolute Gasteiger partial charge is 0.396 e. The van der Waals surface area contributed by atoms with E-state index in [0.717, 1.165) is 10.5 Å². The zero-order valence-corrected chi connectivity index (χ0v) is 10.7. The number of nitro benzene ring substituents is 1. The van der Waals surface area contributed by atoms with Crippen LogP contribution in [-0.4, -0.2) is 4.92 Å². The van der Waals surface area contributed by atoms with Crippen LogP contribution in [0.4, 0.5) is 15.8 Å². The molecule has 0 aliphatic carbocycles. The van der Waals surface area contributed by atoms with Gasteiger partial charge in [0.05, 0.1) is 10.6 Å². The summed E-state index contributed by atoms with van der Waals surface area (Å²) in [6, 6.07) is 10.9. The van der Waals surface area contributed by atoms with E-state index in [1.807, 2.05) is 0 Å². The first-order chi connectivity index (χ1) is 9.06. The summed E-state index contributed by atoms with van der Waals surface area (Å²) in [5.41, 5.74) is 6.52. The van der Waals surface area contributed by atoms with Gasteiger partial charge in [-0.2, -0.15) is 0 Å². The Labute approximate surface area is 113 Å². The van der Waals surface area contributed by atoms with Crippen LogP contribution in [0.15, 0.2) is 47.4 Å². The van der Waals surface area contributed by atoms with Crippen molar-refractivity contribution >= 4 is 23.1 Å². The SMILES string of the molecule is Nc1ccc(SCc2ccc([N+](=O)[O-])cc2)cc1F. The minimum absolute atomic E-state index is 0.0623. The number of nitrogens with two attached hydrogens (primary N) is 1. The first-order valence-electron chi connectivity index (χ1n) is 5.47. The van der Waals surface area contributed by atoms with Crippen LogP contribution in [-0.2, 0) is 5.75 Å². The average Bonchev–Trinajstić information content (AvgIpc) is 2.40. The van der Waals surface area contributed by atoms with Gasteiger partial charge in [-0.15, -0.1) is 11.8 Å². The van der Waals surface area contributed by atoms with Crippen molar-refractivity contribution in [3.63, 3.8) is 0 Å². The molecule has 0 unspecified atom stereocenters. The number of halogens is 1. The normalized spacial score (nSPS) is 10.4. The average molecular weight is 278 g/mol. The van der Waals surface area contributed by atoms with Gasteiger partial charge < -0.3 is 5.73 Å². The molecule has 0 saturated carbocycles. The number of hydrogen-bond donors (Lipinski definition) is 1. The van der Waals surface area contributed by atoms with Gasteiger partial charge in [-0.25, -0.2) is 4.39 Å². The Hall–Kier alpha value is -2.08. The maximum absolute atomic E-state index is 13.2. The van der Waals surface area contributed by atoms with Crippen molar-refractivity contribution in [2.75, 3.05) is 5.73 Å². The molecule has 2 N–H and O–H groups in total. The Bertz CT molecular complexity index is 602. The molecule has 0 saturated heterocycles. The summed E-state index contributed by atoms with van der Waals surface area (Å²) in [4.78, 5) is 10.8. The van der Waals surface area contributed by atoms with E-state index >= 15 is 0 Å². The van der Waals surface area contributed by atoms with Gasteiger partial charge >= 0.3 is 0 Å². The summed E-state index contributed by atoms with van der Waals surface area (Å²) < 4.78 is 13.2. The van der Waals surface area contributed by atoms with E-state index in [1.165, 1.54) is 36.0 Å². The van der Waals surface area contributed by atoms with Crippen LogP contribution in [0.5, 0.6) is 0 Å². The predicted molar refractivity (Wildman–Crippen MR) is 73.5 cm³/mol. The van der Waals surface area contributed by atoms with Gasteiger partial charge in [-0.05, 0) is 23.8 Å². The molecular weight excluding hydrogens is 267 g/mol. The fourth-order valence-electron chi connectivity index (χ4n) is 1.48. The highest BCUT2D eigenvalue weighted by molar-refractivity contribution is 7.98. The van der Waals surface area contributed by atoms with Crippen molar-refractivity contribution in [3.8, 4) is 0 Å². The third-order valence-electron chi connectivity index (χ3n) is 2.52. The Balaban J connectivity index is 2.01. The van der Waals surface area contributed by atoms with Crippen LogP contribution < -0.4 is 5.73 Å². The summed E-state index contributed by atoms with van der Waals surface area (Å²) in [6.07, 6.45) is 0. The van der Waals surface area contributed by atoms with Crippen LogP contribution >= 0.6 is 11.8 Å². The summed E-state index contributed by atoms with van der Waals surface area (Å²) in [5, 5.41) is 10.5. The highest BCUT2D eigenvalue weighted by atomic mass is 32.2. The first kappa shape index (κ1) is 13.4. The molecule has 0 amide bonds. The van der Waals surface area contributed by atoms with E-state index in [4.69, 9.17) is 5.73 Å². The van der Waals surface area contributed by atoms with Crippen LogP contribution in [0.2, 0.25) is 0 Å². The van der Waals surface area contributed by atoms with Crippen LogP contribution in [0.3, 0.4) is 0 Å². The third kappa shape index (κ3) is 3.45. The van der Waals surface area contributed by atoms with E-state index in [0.29, 0.717) is 5.75 Å². The highest BCUT2D eigenvalue weighted by Crippen LogP contribution is 2.26. The van der Waals surface area contributed by atoms with Crippen molar-refractivity contribution in [2.24, 2.45) is 0 Å². The van der Waals surface area contributed by atoms with Gasteiger partial charge in [0.2, 0.25) is 0 Å². The molecule has 2 aromatic rings. The minimum Gasteiger partial charge on any atom is -0.396 e. The number of benzene rings is 2. The molecule has 0 aliphatic rings. The number of nitrogens with zero attached hydrogens (tertiary/aromatic N) is 1. The zero-order valence-electron chi connectivity index (χ0n) is 9.88. The Morgan fingerprint density at radius 1 is 1.21 bits per heavy atom. The number of non-ortho nitro benzene ring substituents is 1. The summed E-state index contributed by atoms with van der Waals surface area (Å²) in [6.45, 7) is 0. The summed E-state index contributed by atoms with van der Waals surface area (Å²) in [5.74, 6) is 0.176. The van der Waals surface area contributed by atoms with Gasteiger partial charge in [-0.3, -0.25) is 10.1 Å². The standard InChI is InChI=1S/C13H11FN2O2S/c14-12-7-11(5-6-13(12)15)19-8-9-1-3-10(4-2-9)16(17)18/h1-7H,8,15H2. The van der Waals surface area contributed by atoms with Crippen LogP contribution in [0.25, 0.3) is 0 Å². The Kier molecular flexibility index (Phi) is 4.01. The van der Waals surface area contributed by atoms with Crippen molar-refractivity contribution in [2.45, 2.75) is 10.6 Å². The number of rotatable bonds is 4. The van der Waals surface area contributed by atoms with Crippen molar-refractivity contribution in [1.29, 1.82) is 0 Å². The van der Waals surface area contributed by atoms with E-state index in [1.54, 1.807) is 18.2 Å². The molecule has 0 atom stereocenters. The quantitative estimate of drug-likeness (QED) is 0.401. The van der Waals surface area contributed by atoms with Crippen LogP contribution in [0, 0.1) is 15.9 Å². The number of nitrogen functional groups attached to an aromatic ring is 1. The molecule has 0 radical (unpaired) electrons. The van der Waals surface area contributed by atoms with Gasteiger partial charge in [0, 0.05) is 22.8 Å². The highest BCUT2D eigenvalue weighted by Gasteiger charge is 2.05. The summed E-state index contributed by atoms with van der Waals surface area (Å²) in [7, 11) is 0. The maximum Gasteiger partial charge on any atom is 0.269 e. The van der Waals surface area contributed by atoms with Gasteiger partial charge in [0.15, 0.2) is 0 Å². The van der Waals surface area contributed by atoms with E-state index in [-0.39, 0.29) is 11.4 Å². The Morgan fingerprint density at radius 3 is 2.47 bits per heavy atom. The van der Waals surface area contributed by atoms with Gasteiger partial charge in [-0.1, -0.05) is 12.1 Å². The van der Waals surface area contributed by atoms with E-state index in [9.17, 15) is 14.5 Å². The lowest BCUT2D eigenvalue weighted by molar-refractivity contribution is -0.384. The van der Waals surface area contributed by atoms with E-state index < -0.39 is 10.7 Å². The maximum atomic E-state index is 13.2. The van der Waals surface area contributed by atoms with Crippen molar-refractivity contribution < 1.29 is 9.31 Å². The first-order valence-corrected chi connectivity index (χ1v) is 6.46. The summed E-state index contributed by atoms with van der Waals surface area (Å²) >= 11 is 1.45. The monoisotopic (exact) mass is 278 g/mol. The molecule has 98 valence electrons. The second-order valence-corrected chi connectivity index (χ2v) is 4.94. The molecule has 0 bridgehead atoms. The molecule has 2 rings (SSSR count). The van der Waals surface area contributed by atoms with E-state index in [2.05, 4.69) is 0 Å². The molecule has 0 aromatic heterocycles. The number of hydrogen-bond acceptors (Lipinski definition) is 4. The molecule has 19 heavy (non-hydrogen) atoms. The smallest absolute Gasteiger partial charge is 0.269 e. The van der Waals surface area contributed by atoms with Crippen molar-refractivity contribution in [1.82, 2.24) is 0 Å². The number of anilines is 1. The fourth-order valence-corrected chi connectivity index (χ4v) is 2.36. The zero-order chi connectivity index (χ0) is 13.8. The van der Waals surface area contributed by atoms with Gasteiger partial charge in [0.1, 0.15) is 5.82 Å². The molecule has 0 fully saturated rings. The second kappa shape index (κ2) is 5.71. The number of thioether (sulfide) groups is 1. The lowest BCUT2D eigenvalue weighted by Gasteiger charge is -2.03. The second-order valence-electron chi connectivity index (χ2n) is 3.90. The van der Waals surface area contributed by atoms with Crippen molar-refractivity contribution in [3.05, 3.63) is 64.0 Å². The predicted octanol–water partition coefficient (Wildman–Crippen LogP) is 3.61. The molecule has 4 nitrogen and oxygen atoms in total. The van der Waals surface area contributed by atoms with Gasteiger partial charge in [0.25, 0.3) is 5.69 Å². The van der Waals surface area contributed by atoms with Crippen LogP contribution in [0.1, 0.15) is 5.56 Å².